The Balaban J connectivity index is 1.29. The first kappa shape index (κ1) is 25.3. The second-order valence-corrected chi connectivity index (χ2v) is 11.3. The summed E-state index contributed by atoms with van der Waals surface area (Å²) >= 11 is 2.15. The molecule has 1 aromatic heterocycles. The molecular formula is C28H40N2O3S. The quantitative estimate of drug-likeness (QED) is 0.401. The highest BCUT2D eigenvalue weighted by molar-refractivity contribution is 7.99. The van der Waals surface area contributed by atoms with E-state index in [4.69, 9.17) is 9.47 Å². The molecule has 0 amide bonds. The van der Waals surface area contributed by atoms with Crippen molar-refractivity contribution in [2.24, 2.45) is 11.8 Å². The SMILES string of the molecule is COC(=O)[C@H]1CN(CCSC2CCCCC2)CC[C@H]1CCCc1ccnc2ccc(OC)cc12. The highest BCUT2D eigenvalue weighted by atomic mass is 32.2. The lowest BCUT2D eigenvalue weighted by atomic mass is 9.81. The summed E-state index contributed by atoms with van der Waals surface area (Å²) in [4.78, 5) is 19.6. The summed E-state index contributed by atoms with van der Waals surface area (Å²) < 4.78 is 10.6. The van der Waals surface area contributed by atoms with Crippen LogP contribution in [-0.4, -0.2) is 60.7 Å². The zero-order valence-corrected chi connectivity index (χ0v) is 21.7. The molecule has 1 aromatic carbocycles. The first-order valence-corrected chi connectivity index (χ1v) is 14.1. The number of carbonyl (C=O) groups is 1. The molecule has 5 nitrogen and oxygen atoms in total. The van der Waals surface area contributed by atoms with E-state index in [0.29, 0.717) is 5.92 Å². The molecule has 1 aliphatic carbocycles. The van der Waals surface area contributed by atoms with Gasteiger partial charge in [-0.2, -0.15) is 11.8 Å². The number of thioether (sulfide) groups is 1. The molecule has 34 heavy (non-hydrogen) atoms. The van der Waals surface area contributed by atoms with Crippen molar-refractivity contribution in [1.29, 1.82) is 0 Å². The Morgan fingerprint density at radius 3 is 2.79 bits per heavy atom. The molecule has 0 bridgehead atoms. The fourth-order valence-corrected chi connectivity index (χ4v) is 7.06. The van der Waals surface area contributed by atoms with Gasteiger partial charge >= 0.3 is 5.97 Å². The number of aromatic nitrogens is 1. The minimum absolute atomic E-state index is 0.00675. The van der Waals surface area contributed by atoms with Gasteiger partial charge in [-0.05, 0) is 80.8 Å². The molecule has 0 radical (unpaired) electrons. The third kappa shape index (κ3) is 6.66. The van der Waals surface area contributed by atoms with Gasteiger partial charge in [0.1, 0.15) is 5.75 Å². The summed E-state index contributed by atoms with van der Waals surface area (Å²) in [6.07, 6.45) is 13.1. The summed E-state index contributed by atoms with van der Waals surface area (Å²) in [6.45, 7) is 3.03. The van der Waals surface area contributed by atoms with Gasteiger partial charge in [0, 0.05) is 35.7 Å². The summed E-state index contributed by atoms with van der Waals surface area (Å²) in [5.41, 5.74) is 2.31. The van der Waals surface area contributed by atoms with Gasteiger partial charge in [0.2, 0.25) is 0 Å². The molecule has 2 aromatic rings. The average Bonchev–Trinajstić information content (AvgIpc) is 2.89. The topological polar surface area (TPSA) is 51.7 Å². The van der Waals surface area contributed by atoms with Gasteiger partial charge in [0.25, 0.3) is 0 Å². The fraction of sp³-hybridized carbons (Fsp3) is 0.643. The number of hydrogen-bond donors (Lipinski definition) is 0. The van der Waals surface area contributed by atoms with Gasteiger partial charge in [0.15, 0.2) is 0 Å². The second-order valence-electron chi connectivity index (χ2n) is 9.86. The molecule has 4 rings (SSSR count). The number of nitrogens with zero attached hydrogens (tertiary/aromatic N) is 2. The Kier molecular flexibility index (Phi) is 9.51. The highest BCUT2D eigenvalue weighted by Crippen LogP contribution is 2.32. The number of methoxy groups -OCH3 is 2. The molecule has 1 saturated carbocycles. The number of benzene rings is 1. The fourth-order valence-electron chi connectivity index (χ4n) is 5.70. The monoisotopic (exact) mass is 484 g/mol. The van der Waals surface area contributed by atoms with Crippen LogP contribution in [0.15, 0.2) is 30.5 Å². The van der Waals surface area contributed by atoms with Crippen LogP contribution < -0.4 is 4.74 Å². The Labute approximate surface area is 209 Å². The van der Waals surface area contributed by atoms with Crippen molar-refractivity contribution < 1.29 is 14.3 Å². The van der Waals surface area contributed by atoms with Gasteiger partial charge in [-0.1, -0.05) is 19.3 Å². The maximum atomic E-state index is 12.6. The van der Waals surface area contributed by atoms with Gasteiger partial charge in [0.05, 0.1) is 25.7 Å². The van der Waals surface area contributed by atoms with Crippen LogP contribution in [0, 0.1) is 11.8 Å². The zero-order chi connectivity index (χ0) is 23.8. The van der Waals surface area contributed by atoms with E-state index in [1.165, 1.54) is 50.5 Å². The smallest absolute Gasteiger partial charge is 0.310 e. The molecule has 2 aliphatic rings. The van der Waals surface area contributed by atoms with Gasteiger partial charge in [-0.25, -0.2) is 0 Å². The molecule has 6 heteroatoms. The number of piperidine rings is 1. The summed E-state index contributed by atoms with van der Waals surface area (Å²) in [6, 6.07) is 8.18. The lowest BCUT2D eigenvalue weighted by molar-refractivity contribution is -0.149. The number of rotatable bonds is 10. The molecular weight excluding hydrogens is 444 g/mol. The maximum absolute atomic E-state index is 12.6. The van der Waals surface area contributed by atoms with Crippen molar-refractivity contribution in [3.8, 4) is 5.75 Å². The first-order valence-electron chi connectivity index (χ1n) is 13.0. The number of aryl methyl sites for hydroxylation is 1. The zero-order valence-electron chi connectivity index (χ0n) is 20.8. The largest absolute Gasteiger partial charge is 0.497 e. The number of carbonyl (C=O) groups excluding carboxylic acids is 1. The minimum atomic E-state index is -0.0336. The van der Waals surface area contributed by atoms with E-state index in [0.717, 1.165) is 67.2 Å². The Hall–Kier alpha value is -1.79. The number of hydrogen-bond acceptors (Lipinski definition) is 6. The number of ether oxygens (including phenoxy) is 2. The number of likely N-dealkylation sites (tertiary alicyclic amines) is 1. The van der Waals surface area contributed by atoms with Crippen LogP contribution in [0.3, 0.4) is 0 Å². The van der Waals surface area contributed by atoms with Gasteiger partial charge < -0.3 is 14.4 Å². The van der Waals surface area contributed by atoms with Crippen LogP contribution in [0.2, 0.25) is 0 Å². The molecule has 2 heterocycles. The molecule has 186 valence electrons. The van der Waals surface area contributed by atoms with Crippen LogP contribution in [0.5, 0.6) is 5.75 Å². The van der Waals surface area contributed by atoms with Crippen LogP contribution in [0.25, 0.3) is 10.9 Å². The average molecular weight is 485 g/mol. The van der Waals surface area contributed by atoms with Gasteiger partial charge in [-0.3, -0.25) is 9.78 Å². The van der Waals surface area contributed by atoms with Crippen molar-refractivity contribution in [2.45, 2.75) is 63.0 Å². The van der Waals surface area contributed by atoms with Crippen molar-refractivity contribution in [1.82, 2.24) is 9.88 Å². The van der Waals surface area contributed by atoms with E-state index >= 15 is 0 Å². The molecule has 0 unspecified atom stereocenters. The lowest BCUT2D eigenvalue weighted by Gasteiger charge is -2.37. The van der Waals surface area contributed by atoms with Crippen LogP contribution in [0.1, 0.15) is 56.9 Å². The van der Waals surface area contributed by atoms with Crippen molar-refractivity contribution >= 4 is 28.6 Å². The van der Waals surface area contributed by atoms with E-state index in [1.807, 2.05) is 18.3 Å². The van der Waals surface area contributed by atoms with Crippen molar-refractivity contribution in [3.05, 3.63) is 36.0 Å². The number of fused-ring (bicyclic) bond motifs is 1. The summed E-state index contributed by atoms with van der Waals surface area (Å²) in [5.74, 6) is 2.40. The van der Waals surface area contributed by atoms with E-state index in [-0.39, 0.29) is 11.9 Å². The predicted molar refractivity (Wildman–Crippen MR) is 141 cm³/mol. The number of pyridine rings is 1. The predicted octanol–water partition coefficient (Wildman–Crippen LogP) is 5.74. The van der Waals surface area contributed by atoms with Crippen LogP contribution >= 0.6 is 11.8 Å². The molecule has 1 saturated heterocycles. The Morgan fingerprint density at radius 2 is 2.00 bits per heavy atom. The van der Waals surface area contributed by atoms with Crippen LogP contribution in [0.4, 0.5) is 0 Å². The molecule has 2 atom stereocenters. The molecule has 0 spiro atoms. The molecule has 2 fully saturated rings. The summed E-state index contributed by atoms with van der Waals surface area (Å²) in [5, 5.41) is 2.02. The van der Waals surface area contributed by atoms with E-state index in [2.05, 4.69) is 33.8 Å². The third-order valence-corrected chi connectivity index (χ3v) is 9.08. The molecule has 1 aliphatic heterocycles. The van der Waals surface area contributed by atoms with Crippen molar-refractivity contribution in [2.75, 3.05) is 39.6 Å². The lowest BCUT2D eigenvalue weighted by Crippen LogP contribution is -2.45. The third-order valence-electron chi connectivity index (χ3n) is 7.72. The minimum Gasteiger partial charge on any atom is -0.497 e. The van der Waals surface area contributed by atoms with Gasteiger partial charge in [-0.15, -0.1) is 0 Å². The standard InChI is InChI=1S/C28H40N2O3S/c1-32-23-11-12-27-25(19-23)21(13-15-29-27)7-6-8-22-14-16-30(20-26(22)28(31)33-2)17-18-34-24-9-4-3-5-10-24/h11-13,15,19,22,24,26H,3-10,14,16-18,20H2,1-2H3/t22-,26+/m1/s1. The highest BCUT2D eigenvalue weighted by Gasteiger charge is 2.34. The van der Waals surface area contributed by atoms with Crippen molar-refractivity contribution in [3.63, 3.8) is 0 Å². The first-order chi connectivity index (χ1) is 16.7. The van der Waals surface area contributed by atoms with Crippen LogP contribution in [-0.2, 0) is 16.0 Å². The molecule has 0 N–H and O–H groups in total. The van der Waals surface area contributed by atoms with E-state index < -0.39 is 0 Å². The normalized spacial score (nSPS) is 22.1. The second kappa shape index (κ2) is 12.8. The number of esters is 1. The Bertz CT molecular complexity index is 931. The summed E-state index contributed by atoms with van der Waals surface area (Å²) in [7, 11) is 3.24. The Morgan fingerprint density at radius 1 is 1.15 bits per heavy atom. The van der Waals surface area contributed by atoms with E-state index in [9.17, 15) is 4.79 Å². The maximum Gasteiger partial charge on any atom is 0.310 e. The van der Waals surface area contributed by atoms with E-state index in [1.54, 1.807) is 7.11 Å².